The van der Waals surface area contributed by atoms with Crippen molar-refractivity contribution in [3.05, 3.63) is 60.2 Å². The van der Waals surface area contributed by atoms with Crippen molar-refractivity contribution >= 4 is 36.4 Å². The quantitative estimate of drug-likeness (QED) is 0.398. The molecule has 0 amide bonds. The molecule has 0 fully saturated rings. The van der Waals surface area contributed by atoms with Gasteiger partial charge in [-0.3, -0.25) is 13.7 Å². The molecule has 0 radical (unpaired) electrons. The smallest absolute Gasteiger partial charge is 0.296 e. The van der Waals surface area contributed by atoms with Gasteiger partial charge in [-0.25, -0.2) is 0 Å². The van der Waals surface area contributed by atoms with Crippen LogP contribution < -0.4 is 0 Å². The average molecular weight is 463 g/mol. The fourth-order valence-corrected chi connectivity index (χ4v) is 6.20. The lowest BCUT2D eigenvalue weighted by Gasteiger charge is -2.39. The van der Waals surface area contributed by atoms with E-state index < -0.39 is 44.9 Å². The molecule has 0 saturated carbocycles. The Kier molecular flexibility index (Phi) is 5.78. The van der Waals surface area contributed by atoms with Crippen LogP contribution in [-0.4, -0.2) is 48.6 Å². The van der Waals surface area contributed by atoms with Crippen LogP contribution in [-0.2, 0) is 35.1 Å². The molecule has 1 aliphatic carbocycles. The topological polar surface area (TPSA) is 196 Å². The Bertz CT molecular complexity index is 1240. The van der Waals surface area contributed by atoms with Crippen molar-refractivity contribution in [2.24, 2.45) is 0 Å². The van der Waals surface area contributed by atoms with E-state index in [0.717, 1.165) is 36.6 Å². The molecular weight excluding hydrogens is 450 g/mol. The third-order valence-corrected chi connectivity index (χ3v) is 8.64. The van der Waals surface area contributed by atoms with Crippen molar-refractivity contribution in [2.45, 2.75) is 14.6 Å². The van der Waals surface area contributed by atoms with Crippen molar-refractivity contribution in [1.82, 2.24) is 0 Å². The van der Waals surface area contributed by atoms with E-state index >= 15 is 0 Å². The number of hydrogen-bond acceptors (Lipinski definition) is 8. The summed E-state index contributed by atoms with van der Waals surface area (Å²) in [7, 11) is -16.1. The summed E-state index contributed by atoms with van der Waals surface area (Å²) in [6.07, 6.45) is 5.69. The molecule has 0 heterocycles. The Labute approximate surface area is 166 Å². The largest absolute Gasteiger partial charge is 0.409 e. The van der Waals surface area contributed by atoms with Crippen LogP contribution in [0.1, 0.15) is 5.56 Å². The standard InChI is InChI=1S/C15H13NO10S3/c16-11-26-14(10-7-12-5-1-2-6-13(12)27(17,18)19)8-3-4-9-15(14,28(20,21)22)29(23,24)25/h1-10H,(H,17,18,19)(H,20,21,22)(H,23,24,25). The van der Waals surface area contributed by atoms with Gasteiger partial charge >= 0.3 is 0 Å². The molecule has 11 nitrogen and oxygen atoms in total. The molecule has 0 saturated heterocycles. The maximum atomic E-state index is 12.1. The molecular formula is C15H13NO10S3. The Morgan fingerprint density at radius 1 is 0.931 bits per heavy atom. The summed E-state index contributed by atoms with van der Waals surface area (Å²) in [5.74, 6) is 0. The first-order chi connectivity index (χ1) is 13.2. The third kappa shape index (κ3) is 3.83. The number of nitriles is 1. The molecule has 1 aromatic carbocycles. The summed E-state index contributed by atoms with van der Waals surface area (Å²) in [6.45, 7) is 0. The van der Waals surface area contributed by atoms with Crippen molar-refractivity contribution in [1.29, 1.82) is 5.26 Å². The summed E-state index contributed by atoms with van der Waals surface area (Å²) < 4.78 is 101. The molecule has 1 unspecified atom stereocenters. The maximum Gasteiger partial charge on any atom is 0.296 e. The maximum absolute atomic E-state index is 12.1. The first-order valence-electron chi connectivity index (χ1n) is 7.36. The van der Waals surface area contributed by atoms with Crippen LogP contribution in [0.3, 0.4) is 0 Å². The minimum Gasteiger partial charge on any atom is -0.409 e. The Morgan fingerprint density at radius 2 is 1.48 bits per heavy atom. The lowest BCUT2D eigenvalue weighted by molar-refractivity contribution is 0.118. The van der Waals surface area contributed by atoms with Crippen molar-refractivity contribution in [2.75, 3.05) is 0 Å². The molecule has 156 valence electrons. The first kappa shape index (κ1) is 22.7. The second-order valence-electron chi connectivity index (χ2n) is 5.67. The fourth-order valence-electron chi connectivity index (χ4n) is 2.79. The van der Waals surface area contributed by atoms with Gasteiger partial charge in [-0.1, -0.05) is 36.4 Å². The number of hydrogen-bond donors (Lipinski definition) is 3. The molecule has 14 heteroatoms. The molecule has 3 N–H and O–H groups in total. The summed E-state index contributed by atoms with van der Waals surface area (Å²) in [4.78, 5) is -0.622. The number of nitrogens with zero attached hydrogens (tertiary/aromatic N) is 1. The third-order valence-electron chi connectivity index (χ3n) is 4.00. The van der Waals surface area contributed by atoms with Crippen molar-refractivity contribution in [3.63, 3.8) is 0 Å². The lowest BCUT2D eigenvalue weighted by Crippen LogP contribution is -2.62. The lowest BCUT2D eigenvalue weighted by atomic mass is 9.92. The molecule has 1 atom stereocenters. The van der Waals surface area contributed by atoms with E-state index in [1.165, 1.54) is 18.2 Å². The SMILES string of the molecule is N#COC1(C=Cc2ccccc2S(=O)(=O)O)C=CC=CC1(S(=O)(=O)O)S(=O)(=O)O. The number of ether oxygens (including phenoxy) is 1. The van der Waals surface area contributed by atoms with E-state index in [2.05, 4.69) is 4.74 Å². The summed E-state index contributed by atoms with van der Waals surface area (Å²) in [5.41, 5.74) is -3.07. The van der Waals surface area contributed by atoms with Gasteiger partial charge in [0.15, 0.2) is 0 Å². The van der Waals surface area contributed by atoms with E-state index in [-0.39, 0.29) is 5.56 Å². The molecule has 1 aromatic rings. The molecule has 0 spiro atoms. The molecule has 0 aromatic heterocycles. The van der Waals surface area contributed by atoms with Gasteiger partial charge in [-0.05, 0) is 29.9 Å². The average Bonchev–Trinajstić information content (AvgIpc) is 2.58. The highest BCUT2D eigenvalue weighted by molar-refractivity contribution is 8.05. The number of allylic oxidation sites excluding steroid dienone is 2. The Morgan fingerprint density at radius 3 is 2.00 bits per heavy atom. The zero-order valence-corrected chi connectivity index (χ0v) is 16.6. The van der Waals surface area contributed by atoms with Gasteiger partial charge in [0.2, 0.25) is 5.60 Å². The fraction of sp³-hybridized carbons (Fsp3) is 0.133. The highest BCUT2D eigenvalue weighted by Crippen LogP contribution is 2.44. The minimum atomic E-state index is -5.69. The van der Waals surface area contributed by atoms with Gasteiger partial charge in [0.25, 0.3) is 40.7 Å². The monoisotopic (exact) mass is 463 g/mol. The van der Waals surface area contributed by atoms with E-state index in [1.54, 1.807) is 0 Å². The zero-order valence-electron chi connectivity index (χ0n) is 14.1. The zero-order chi connectivity index (χ0) is 22.1. The van der Waals surface area contributed by atoms with Gasteiger partial charge < -0.3 is 4.74 Å². The summed E-state index contributed by atoms with van der Waals surface area (Å²) in [5, 5.41) is 8.98. The number of benzene rings is 1. The van der Waals surface area contributed by atoms with Crippen LogP contribution in [0.2, 0.25) is 0 Å². The summed E-state index contributed by atoms with van der Waals surface area (Å²) >= 11 is 0. The van der Waals surface area contributed by atoms with Crippen LogP contribution in [0, 0.1) is 11.5 Å². The van der Waals surface area contributed by atoms with E-state index in [4.69, 9.17) is 5.26 Å². The Hall–Kier alpha value is -2.54. The molecule has 0 aliphatic heterocycles. The van der Waals surface area contributed by atoms with Gasteiger partial charge in [0.05, 0.1) is 0 Å². The number of rotatable bonds is 6. The molecule has 2 rings (SSSR count). The van der Waals surface area contributed by atoms with Crippen LogP contribution in [0.5, 0.6) is 0 Å². The highest BCUT2D eigenvalue weighted by Gasteiger charge is 2.68. The van der Waals surface area contributed by atoms with E-state index in [9.17, 15) is 38.9 Å². The second kappa shape index (κ2) is 7.37. The van der Waals surface area contributed by atoms with Gasteiger partial charge in [0, 0.05) is 0 Å². The predicted octanol–water partition coefficient (Wildman–Crippen LogP) is 0.781. The van der Waals surface area contributed by atoms with Crippen molar-refractivity contribution < 1.29 is 43.6 Å². The highest BCUT2D eigenvalue weighted by atomic mass is 32.3. The summed E-state index contributed by atoms with van der Waals surface area (Å²) in [6, 6.07) is 4.79. The first-order valence-corrected chi connectivity index (χ1v) is 11.7. The van der Waals surface area contributed by atoms with Gasteiger partial charge in [0.1, 0.15) is 4.90 Å². The van der Waals surface area contributed by atoms with Crippen molar-refractivity contribution in [3.8, 4) is 6.26 Å². The molecule has 0 bridgehead atoms. The van der Waals surface area contributed by atoms with Crippen LogP contribution in [0.25, 0.3) is 6.08 Å². The molecule has 29 heavy (non-hydrogen) atoms. The van der Waals surface area contributed by atoms with Gasteiger partial charge in [-0.15, -0.1) is 0 Å². The van der Waals surface area contributed by atoms with Gasteiger partial charge in [-0.2, -0.15) is 30.5 Å². The normalized spacial score (nSPS) is 21.7. The van der Waals surface area contributed by atoms with E-state index in [1.807, 2.05) is 0 Å². The van der Waals surface area contributed by atoms with Crippen LogP contribution in [0.4, 0.5) is 0 Å². The minimum absolute atomic E-state index is 0.238. The van der Waals surface area contributed by atoms with Crippen LogP contribution in [0.15, 0.2) is 59.5 Å². The Balaban J connectivity index is 2.88. The predicted molar refractivity (Wildman–Crippen MR) is 98.8 cm³/mol. The second-order valence-corrected chi connectivity index (χ2v) is 10.5. The molecule has 1 aliphatic rings. The van der Waals surface area contributed by atoms with Crippen LogP contribution >= 0.6 is 0 Å². The van der Waals surface area contributed by atoms with E-state index in [0.29, 0.717) is 12.2 Å².